The Morgan fingerprint density at radius 2 is 1.82 bits per heavy atom. The molecule has 2 aromatic carbocycles. The van der Waals surface area contributed by atoms with Gasteiger partial charge in [0.2, 0.25) is 0 Å². The summed E-state index contributed by atoms with van der Waals surface area (Å²) in [5.74, 6) is 1.55. The van der Waals surface area contributed by atoms with E-state index in [0.717, 1.165) is 5.92 Å². The van der Waals surface area contributed by atoms with E-state index in [1.54, 1.807) is 43.3 Å². The predicted molar refractivity (Wildman–Crippen MR) is 117 cm³/mol. The molecule has 2 bridgehead atoms. The second-order valence-electron chi connectivity index (χ2n) is 7.83. The van der Waals surface area contributed by atoms with E-state index < -0.39 is 10.0 Å². The highest BCUT2D eigenvalue weighted by atomic mass is 32.2. The monoisotopic (exact) mass is 415 g/mol. The van der Waals surface area contributed by atoms with Crippen LogP contribution in [0.25, 0.3) is 0 Å². The third-order valence-corrected chi connectivity index (χ3v) is 7.56. The van der Waals surface area contributed by atoms with E-state index in [4.69, 9.17) is 12.2 Å². The van der Waals surface area contributed by atoms with E-state index in [2.05, 4.69) is 15.4 Å². The largest absolute Gasteiger partial charge is 0.359 e. The number of hydrogen-bond acceptors (Lipinski definition) is 3. The average molecular weight is 416 g/mol. The van der Waals surface area contributed by atoms with Crippen molar-refractivity contribution in [3.63, 3.8) is 0 Å². The Kier molecular flexibility index (Phi) is 5.29. The standard InChI is InChI=1S/C21H25N3O2S2/c1-14-7-10-18(22-21(27)23-19-12-15-8-9-16(19)11-15)13-20(14)28(25,26)24-17-5-3-2-4-6-17/h2-7,10,13,15-16,19,24H,8-9,11-12H2,1H3,(H2,22,23,27). The number of rotatable bonds is 5. The van der Waals surface area contributed by atoms with Crippen molar-refractivity contribution < 1.29 is 8.42 Å². The van der Waals surface area contributed by atoms with Crippen LogP contribution in [0.5, 0.6) is 0 Å². The Balaban J connectivity index is 1.46. The first-order chi connectivity index (χ1) is 13.4. The molecule has 7 heteroatoms. The van der Waals surface area contributed by atoms with Gasteiger partial charge in [0, 0.05) is 17.4 Å². The van der Waals surface area contributed by atoms with Crippen molar-refractivity contribution in [2.45, 2.75) is 43.5 Å². The molecule has 3 N–H and O–H groups in total. The number of anilines is 2. The summed E-state index contributed by atoms with van der Waals surface area (Å²) in [5.41, 5.74) is 1.88. The third kappa shape index (κ3) is 4.15. The smallest absolute Gasteiger partial charge is 0.262 e. The van der Waals surface area contributed by atoms with Crippen LogP contribution in [0, 0.1) is 18.8 Å². The predicted octanol–water partition coefficient (Wildman–Crippen LogP) is 4.27. The molecule has 148 valence electrons. The first-order valence-electron chi connectivity index (χ1n) is 9.67. The molecule has 0 heterocycles. The molecule has 3 atom stereocenters. The van der Waals surface area contributed by atoms with E-state index in [0.29, 0.717) is 34.0 Å². The zero-order chi connectivity index (χ0) is 19.7. The summed E-state index contributed by atoms with van der Waals surface area (Å²) in [4.78, 5) is 0.240. The second kappa shape index (κ2) is 7.72. The lowest BCUT2D eigenvalue weighted by Gasteiger charge is -2.24. The second-order valence-corrected chi connectivity index (χ2v) is 9.89. The minimum Gasteiger partial charge on any atom is -0.359 e. The zero-order valence-corrected chi connectivity index (χ0v) is 17.4. The van der Waals surface area contributed by atoms with Crippen LogP contribution in [0.4, 0.5) is 11.4 Å². The molecule has 0 spiro atoms. The summed E-state index contributed by atoms with van der Waals surface area (Å²) in [6.45, 7) is 1.79. The summed E-state index contributed by atoms with van der Waals surface area (Å²) >= 11 is 5.48. The van der Waals surface area contributed by atoms with Crippen LogP contribution in [-0.2, 0) is 10.0 Å². The SMILES string of the molecule is Cc1ccc(NC(=S)NC2CC3CCC2C3)cc1S(=O)(=O)Nc1ccccc1. The number of thiocarbonyl (C=S) groups is 1. The van der Waals surface area contributed by atoms with E-state index >= 15 is 0 Å². The highest BCUT2D eigenvalue weighted by Crippen LogP contribution is 2.44. The van der Waals surface area contributed by atoms with Gasteiger partial charge < -0.3 is 10.6 Å². The van der Waals surface area contributed by atoms with Gasteiger partial charge in [0.1, 0.15) is 0 Å². The highest BCUT2D eigenvalue weighted by Gasteiger charge is 2.39. The van der Waals surface area contributed by atoms with Gasteiger partial charge in [-0.25, -0.2) is 8.42 Å². The molecule has 2 aromatic rings. The van der Waals surface area contributed by atoms with Gasteiger partial charge in [0.15, 0.2) is 5.11 Å². The van der Waals surface area contributed by atoms with Gasteiger partial charge in [-0.1, -0.05) is 30.7 Å². The van der Waals surface area contributed by atoms with Crippen molar-refractivity contribution in [3.8, 4) is 0 Å². The van der Waals surface area contributed by atoms with Gasteiger partial charge in [-0.2, -0.15) is 0 Å². The highest BCUT2D eigenvalue weighted by molar-refractivity contribution is 7.92. The normalized spacial score (nSPS) is 23.4. The third-order valence-electron chi connectivity index (χ3n) is 5.82. The molecule has 0 amide bonds. The van der Waals surface area contributed by atoms with Crippen LogP contribution in [0.15, 0.2) is 53.4 Å². The Morgan fingerprint density at radius 3 is 2.50 bits per heavy atom. The van der Waals surface area contributed by atoms with Crippen molar-refractivity contribution in [2.24, 2.45) is 11.8 Å². The lowest BCUT2D eigenvalue weighted by atomic mass is 9.96. The van der Waals surface area contributed by atoms with E-state index in [1.165, 1.54) is 25.7 Å². The van der Waals surface area contributed by atoms with E-state index in [1.807, 2.05) is 12.1 Å². The van der Waals surface area contributed by atoms with Crippen LogP contribution >= 0.6 is 12.2 Å². The molecule has 4 rings (SSSR count). The Morgan fingerprint density at radius 1 is 1.04 bits per heavy atom. The summed E-state index contributed by atoms with van der Waals surface area (Å²) in [5, 5.41) is 7.14. The summed E-state index contributed by atoms with van der Waals surface area (Å²) in [6.07, 6.45) is 5.11. The van der Waals surface area contributed by atoms with Crippen molar-refractivity contribution in [1.82, 2.24) is 5.32 Å². The summed E-state index contributed by atoms with van der Waals surface area (Å²) in [6, 6.07) is 14.6. The molecule has 2 aliphatic rings. The van der Waals surface area contributed by atoms with Gasteiger partial charge in [-0.15, -0.1) is 0 Å². The van der Waals surface area contributed by atoms with Gasteiger partial charge in [0.25, 0.3) is 10.0 Å². The van der Waals surface area contributed by atoms with E-state index in [9.17, 15) is 8.42 Å². The van der Waals surface area contributed by atoms with Crippen LogP contribution < -0.4 is 15.4 Å². The molecule has 28 heavy (non-hydrogen) atoms. The fourth-order valence-corrected chi connectivity index (χ4v) is 6.04. The van der Waals surface area contributed by atoms with Gasteiger partial charge >= 0.3 is 0 Å². The first kappa shape index (κ1) is 19.2. The molecule has 0 radical (unpaired) electrons. The van der Waals surface area contributed by atoms with E-state index in [-0.39, 0.29) is 4.90 Å². The number of nitrogens with one attached hydrogen (secondary N) is 3. The van der Waals surface area contributed by atoms with Crippen LogP contribution in [0.3, 0.4) is 0 Å². The van der Waals surface area contributed by atoms with Crippen molar-refractivity contribution in [1.29, 1.82) is 0 Å². The first-order valence-corrected chi connectivity index (χ1v) is 11.6. The molecule has 0 aromatic heterocycles. The Labute approximate surface area is 172 Å². The van der Waals surface area contributed by atoms with Gasteiger partial charge in [0.05, 0.1) is 4.90 Å². The lowest BCUT2D eigenvalue weighted by molar-refractivity contribution is 0.392. The van der Waals surface area contributed by atoms with Crippen molar-refractivity contribution in [2.75, 3.05) is 10.0 Å². The van der Waals surface area contributed by atoms with Gasteiger partial charge in [-0.3, -0.25) is 4.72 Å². The van der Waals surface area contributed by atoms with Crippen molar-refractivity contribution in [3.05, 3.63) is 54.1 Å². The molecule has 2 saturated carbocycles. The molecule has 5 nitrogen and oxygen atoms in total. The molecule has 0 aliphatic heterocycles. The number of benzene rings is 2. The molecule has 0 saturated heterocycles. The molecule has 2 fully saturated rings. The lowest BCUT2D eigenvalue weighted by Crippen LogP contribution is -2.40. The molecule has 3 unspecified atom stereocenters. The van der Waals surface area contributed by atoms with Crippen molar-refractivity contribution >= 4 is 38.7 Å². The quantitative estimate of drug-likeness (QED) is 0.636. The fraction of sp³-hybridized carbons (Fsp3) is 0.381. The fourth-order valence-electron chi connectivity index (χ4n) is 4.44. The Hall–Kier alpha value is -2.12. The number of para-hydroxylation sites is 1. The summed E-state index contributed by atoms with van der Waals surface area (Å²) < 4.78 is 28.3. The molecule has 2 aliphatic carbocycles. The maximum atomic E-state index is 12.8. The van der Waals surface area contributed by atoms with Crippen LogP contribution in [0.1, 0.15) is 31.2 Å². The zero-order valence-electron chi connectivity index (χ0n) is 15.8. The number of aryl methyl sites for hydroxylation is 1. The average Bonchev–Trinajstić information content (AvgIpc) is 3.26. The summed E-state index contributed by atoms with van der Waals surface area (Å²) in [7, 11) is -3.69. The maximum absolute atomic E-state index is 12.8. The minimum absolute atomic E-state index is 0.240. The molecular weight excluding hydrogens is 390 g/mol. The van der Waals surface area contributed by atoms with Crippen LogP contribution in [0.2, 0.25) is 0 Å². The number of hydrogen-bond donors (Lipinski definition) is 3. The minimum atomic E-state index is -3.69. The van der Waals surface area contributed by atoms with Gasteiger partial charge in [-0.05, 0) is 80.1 Å². The van der Waals surface area contributed by atoms with Crippen LogP contribution in [-0.4, -0.2) is 19.6 Å². The topological polar surface area (TPSA) is 70.2 Å². The Bertz CT molecular complexity index is 976. The molecular formula is C21H25N3O2S2. The number of sulfonamides is 1. The number of fused-ring (bicyclic) bond motifs is 2. The maximum Gasteiger partial charge on any atom is 0.262 e.